The summed E-state index contributed by atoms with van der Waals surface area (Å²) in [5, 5.41) is 0. The number of aryl methyl sites for hydroxylation is 1. The highest BCUT2D eigenvalue weighted by Gasteiger charge is 2.06. The van der Waals surface area contributed by atoms with Crippen LogP contribution in [0.5, 0.6) is 0 Å². The maximum Gasteiger partial charge on any atom is 0.0945 e. The summed E-state index contributed by atoms with van der Waals surface area (Å²) in [5.41, 5.74) is 0. The van der Waals surface area contributed by atoms with E-state index in [-0.39, 0.29) is 0 Å². The van der Waals surface area contributed by atoms with Gasteiger partial charge in [0, 0.05) is 32.2 Å². The molecule has 0 aliphatic rings. The molecule has 0 bridgehead atoms. The van der Waals surface area contributed by atoms with E-state index in [0.717, 1.165) is 39.2 Å². The van der Waals surface area contributed by atoms with E-state index in [2.05, 4.69) is 29.6 Å². The molecule has 1 aromatic rings. The lowest BCUT2D eigenvalue weighted by Crippen LogP contribution is -2.20. The Balaban J connectivity index is 1.72. The molecule has 0 aromatic carbocycles. The highest BCUT2D eigenvalue weighted by atomic mass is 16.5. The average Bonchev–Trinajstić information content (AvgIpc) is 3.25. The molecule has 4 nitrogen and oxygen atoms in total. The van der Waals surface area contributed by atoms with Crippen LogP contribution in [0.15, 0.2) is 18.7 Å². The van der Waals surface area contributed by atoms with E-state index in [1.807, 2.05) is 12.5 Å². The molecule has 29 heavy (non-hydrogen) atoms. The van der Waals surface area contributed by atoms with Crippen LogP contribution in [0, 0.1) is 0 Å². The van der Waals surface area contributed by atoms with Crippen molar-refractivity contribution in [2.24, 2.45) is 0 Å². The van der Waals surface area contributed by atoms with Crippen LogP contribution in [0.2, 0.25) is 0 Å². The third kappa shape index (κ3) is 16.6. The molecule has 0 saturated carbocycles. The summed E-state index contributed by atoms with van der Waals surface area (Å²) in [6.45, 7) is 8.05. The number of ether oxygens (including phenoxy) is 2. The first-order valence-electron chi connectivity index (χ1n) is 12.5. The zero-order chi connectivity index (χ0) is 20.8. The molecule has 1 unspecified atom stereocenters. The lowest BCUT2D eigenvalue weighted by molar-refractivity contribution is -0.0197. The molecular formula is C25H48N2O2. The fourth-order valence-electron chi connectivity index (χ4n) is 3.58. The molecule has 0 aliphatic heterocycles. The predicted octanol–water partition coefficient (Wildman–Crippen LogP) is 7.18. The van der Waals surface area contributed by atoms with Crippen LogP contribution < -0.4 is 0 Å². The predicted molar refractivity (Wildman–Crippen MR) is 123 cm³/mol. The molecule has 1 heterocycles. The van der Waals surface area contributed by atoms with Crippen molar-refractivity contribution in [1.29, 1.82) is 0 Å². The van der Waals surface area contributed by atoms with E-state index in [1.165, 1.54) is 83.5 Å². The molecule has 0 N–H and O–H groups in total. The molecule has 170 valence electrons. The van der Waals surface area contributed by atoms with Gasteiger partial charge in [0.1, 0.15) is 0 Å². The minimum atomic E-state index is 0.290. The van der Waals surface area contributed by atoms with Gasteiger partial charge in [0.2, 0.25) is 0 Å². The molecule has 0 amide bonds. The normalized spacial score (nSPS) is 12.5. The van der Waals surface area contributed by atoms with Crippen LogP contribution in [-0.2, 0) is 16.0 Å². The number of nitrogens with zero attached hydrogens (tertiary/aromatic N) is 2. The number of hydrogen-bond acceptors (Lipinski definition) is 3. The standard InChI is InChI=1S/C25H48N2O2/c1-3-5-22-29-25(4-2)23-28-21-17-15-13-11-9-7-6-8-10-12-14-16-19-27-20-18-26-24-27/h18,20,24-25H,3-17,19,21-23H2,1-2H3. The van der Waals surface area contributed by atoms with E-state index in [1.54, 1.807) is 0 Å². The maximum atomic E-state index is 5.84. The Bertz CT molecular complexity index is 422. The number of aromatic nitrogens is 2. The fraction of sp³-hybridized carbons (Fsp3) is 0.880. The van der Waals surface area contributed by atoms with Gasteiger partial charge >= 0.3 is 0 Å². The highest BCUT2D eigenvalue weighted by Crippen LogP contribution is 2.12. The SMILES string of the molecule is CCCCOC(CC)COCCCCCCCCCCCCCCn1ccnc1. The number of hydrogen-bond donors (Lipinski definition) is 0. The van der Waals surface area contributed by atoms with E-state index in [0.29, 0.717) is 6.10 Å². The van der Waals surface area contributed by atoms with E-state index in [9.17, 15) is 0 Å². The van der Waals surface area contributed by atoms with Crippen molar-refractivity contribution in [3.05, 3.63) is 18.7 Å². The van der Waals surface area contributed by atoms with Gasteiger partial charge in [-0.3, -0.25) is 0 Å². The summed E-state index contributed by atoms with van der Waals surface area (Å²) in [5.74, 6) is 0. The third-order valence-electron chi connectivity index (χ3n) is 5.62. The first-order valence-corrected chi connectivity index (χ1v) is 12.5. The molecule has 1 rings (SSSR count). The van der Waals surface area contributed by atoms with Gasteiger partial charge in [-0.05, 0) is 25.7 Å². The van der Waals surface area contributed by atoms with Gasteiger partial charge in [0.25, 0.3) is 0 Å². The Morgan fingerprint density at radius 3 is 1.93 bits per heavy atom. The van der Waals surface area contributed by atoms with Crippen molar-refractivity contribution in [3.63, 3.8) is 0 Å². The smallest absolute Gasteiger partial charge is 0.0945 e. The second kappa shape index (κ2) is 20.4. The Morgan fingerprint density at radius 1 is 0.759 bits per heavy atom. The summed E-state index contributed by atoms with van der Waals surface area (Å²) in [6.07, 6.45) is 25.9. The zero-order valence-electron chi connectivity index (χ0n) is 19.5. The van der Waals surface area contributed by atoms with Gasteiger partial charge in [-0.15, -0.1) is 0 Å². The highest BCUT2D eigenvalue weighted by molar-refractivity contribution is 4.73. The van der Waals surface area contributed by atoms with E-state index >= 15 is 0 Å². The molecule has 0 radical (unpaired) electrons. The molecule has 0 saturated heterocycles. The Labute approximate surface area is 180 Å². The monoisotopic (exact) mass is 408 g/mol. The van der Waals surface area contributed by atoms with Crippen LogP contribution in [0.4, 0.5) is 0 Å². The van der Waals surface area contributed by atoms with Crippen molar-refractivity contribution in [2.45, 2.75) is 123 Å². The molecule has 0 fully saturated rings. The van der Waals surface area contributed by atoms with E-state index in [4.69, 9.17) is 9.47 Å². The van der Waals surface area contributed by atoms with Crippen molar-refractivity contribution >= 4 is 0 Å². The van der Waals surface area contributed by atoms with Gasteiger partial charge in [0.05, 0.1) is 19.0 Å². The average molecular weight is 409 g/mol. The summed E-state index contributed by atoms with van der Waals surface area (Å²) in [7, 11) is 0. The second-order valence-corrected chi connectivity index (χ2v) is 8.37. The third-order valence-corrected chi connectivity index (χ3v) is 5.62. The first kappa shape index (κ1) is 26.2. The van der Waals surface area contributed by atoms with Crippen LogP contribution in [-0.4, -0.2) is 35.5 Å². The molecule has 4 heteroatoms. The molecule has 1 aromatic heterocycles. The summed E-state index contributed by atoms with van der Waals surface area (Å²) >= 11 is 0. The van der Waals surface area contributed by atoms with Gasteiger partial charge in [-0.1, -0.05) is 84.5 Å². The van der Waals surface area contributed by atoms with Crippen molar-refractivity contribution in [2.75, 3.05) is 19.8 Å². The van der Waals surface area contributed by atoms with Gasteiger partial charge < -0.3 is 14.0 Å². The number of unbranched alkanes of at least 4 members (excludes halogenated alkanes) is 12. The van der Waals surface area contributed by atoms with Crippen LogP contribution in [0.25, 0.3) is 0 Å². The molecule has 1 atom stereocenters. The minimum absolute atomic E-state index is 0.290. The zero-order valence-corrected chi connectivity index (χ0v) is 19.5. The maximum absolute atomic E-state index is 5.84. The first-order chi connectivity index (χ1) is 14.4. The van der Waals surface area contributed by atoms with Crippen molar-refractivity contribution < 1.29 is 9.47 Å². The number of rotatable bonds is 22. The van der Waals surface area contributed by atoms with Crippen LogP contribution >= 0.6 is 0 Å². The minimum Gasteiger partial charge on any atom is -0.379 e. The summed E-state index contributed by atoms with van der Waals surface area (Å²) in [6, 6.07) is 0. The lowest BCUT2D eigenvalue weighted by atomic mass is 10.1. The largest absolute Gasteiger partial charge is 0.379 e. The van der Waals surface area contributed by atoms with Crippen LogP contribution in [0.1, 0.15) is 110 Å². The number of imidazole rings is 1. The topological polar surface area (TPSA) is 36.3 Å². The van der Waals surface area contributed by atoms with Gasteiger partial charge in [0.15, 0.2) is 0 Å². The Kier molecular flexibility index (Phi) is 18.4. The molecule has 0 aliphatic carbocycles. The summed E-state index contributed by atoms with van der Waals surface area (Å²) in [4.78, 5) is 4.08. The van der Waals surface area contributed by atoms with Crippen LogP contribution in [0.3, 0.4) is 0 Å². The van der Waals surface area contributed by atoms with E-state index < -0.39 is 0 Å². The Morgan fingerprint density at radius 2 is 1.38 bits per heavy atom. The molecular weight excluding hydrogens is 360 g/mol. The molecule has 0 spiro atoms. The van der Waals surface area contributed by atoms with Crippen molar-refractivity contribution in [3.8, 4) is 0 Å². The van der Waals surface area contributed by atoms with Crippen molar-refractivity contribution in [1.82, 2.24) is 9.55 Å². The quantitative estimate of drug-likeness (QED) is 0.191. The Hall–Kier alpha value is -0.870. The van der Waals surface area contributed by atoms with Gasteiger partial charge in [-0.25, -0.2) is 4.98 Å². The summed E-state index contributed by atoms with van der Waals surface area (Å²) < 4.78 is 13.8. The fourth-order valence-corrected chi connectivity index (χ4v) is 3.58. The lowest BCUT2D eigenvalue weighted by Gasteiger charge is -2.16. The second-order valence-electron chi connectivity index (χ2n) is 8.37. The van der Waals surface area contributed by atoms with Gasteiger partial charge in [-0.2, -0.15) is 0 Å².